The van der Waals surface area contributed by atoms with Gasteiger partial charge in [0.15, 0.2) is 0 Å². The number of benzene rings is 14. The SMILES string of the molecule is c1ccc([SiH](c2ccccc2)[Si](c2ccccc2)(c2ccccc2)[Si](c2ccccc2)(c2ccccc2)[Si](c2ccccc2)(c2ccccc2)[Si](c2ccccc2)(c2ccccc2)[Si](c2ccccc2)(c2ccccc2)[SiH](c2ccccc2)c2ccccc2)cc1. The molecule has 0 nitrogen and oxygen atoms in total. The topological polar surface area (TPSA) is 0 Å². The van der Waals surface area contributed by atoms with Gasteiger partial charge in [0, 0.05) is 0 Å². The Morgan fingerprint density at radius 1 is 0.121 bits per heavy atom. The monoisotopic (exact) mass is 1280 g/mol. The van der Waals surface area contributed by atoms with Gasteiger partial charge < -0.3 is 0 Å². The summed E-state index contributed by atoms with van der Waals surface area (Å²) in [6.07, 6.45) is 0. The minimum atomic E-state index is -4.26. The summed E-state index contributed by atoms with van der Waals surface area (Å²) >= 11 is 0. The molecule has 0 radical (unpaired) electrons. The smallest absolute Gasteiger partial charge is 0.0632 e. The maximum atomic E-state index is 2.70. The van der Waals surface area contributed by atoms with E-state index in [0.29, 0.717) is 0 Å². The summed E-state index contributed by atoms with van der Waals surface area (Å²) in [5.41, 5.74) is 0. The summed E-state index contributed by atoms with van der Waals surface area (Å²) in [5, 5.41) is 21.0. The fourth-order valence-corrected chi connectivity index (χ4v) is 196. The molecule has 0 amide bonds. The molecule has 14 rings (SSSR count). The second kappa shape index (κ2) is 26.6. The minimum absolute atomic E-state index is 1.47. The van der Waals surface area contributed by atoms with Crippen molar-refractivity contribution >= 4 is 125 Å². The van der Waals surface area contributed by atoms with Crippen LogP contribution in [0, 0.1) is 0 Å². The largest absolute Gasteiger partial charge is 0.121 e. The van der Waals surface area contributed by atoms with Crippen molar-refractivity contribution in [3.63, 3.8) is 0 Å². The quantitative estimate of drug-likeness (QED) is 0.0670. The summed E-state index contributed by atoms with van der Waals surface area (Å²) in [4.78, 5) is 0. The van der Waals surface area contributed by atoms with Crippen molar-refractivity contribution < 1.29 is 0 Å². The van der Waals surface area contributed by atoms with Gasteiger partial charge in [0.25, 0.3) is 0 Å². The molecule has 91 heavy (non-hydrogen) atoms. The Morgan fingerprint density at radius 2 is 0.242 bits per heavy atom. The summed E-state index contributed by atoms with van der Waals surface area (Å²) in [6, 6.07) is 173. The fraction of sp³-hybridized carbons (Fsp3) is 0. The van der Waals surface area contributed by atoms with Crippen LogP contribution in [-0.2, 0) is 0 Å². The molecule has 14 aromatic carbocycles. The summed E-state index contributed by atoms with van der Waals surface area (Å²) in [7, 11) is -25.9. The van der Waals surface area contributed by atoms with Crippen molar-refractivity contribution in [2.24, 2.45) is 0 Å². The van der Waals surface area contributed by atoms with Crippen molar-refractivity contribution in [3.05, 3.63) is 425 Å². The minimum Gasteiger partial charge on any atom is -0.0632 e. The Kier molecular flexibility index (Phi) is 17.3. The lowest BCUT2D eigenvalue weighted by molar-refractivity contribution is 1.68. The molecule has 0 aliphatic carbocycles. The molecule has 0 saturated carbocycles. The van der Waals surface area contributed by atoms with E-state index in [4.69, 9.17) is 0 Å². The molecule has 7 heteroatoms. The molecule has 0 aliphatic rings. The Labute approximate surface area is 545 Å². The molecular formula is C84H72Si7. The van der Waals surface area contributed by atoms with Crippen LogP contribution in [-0.4, -0.2) is 52.2 Å². The maximum absolute atomic E-state index is 4.26. The number of rotatable bonds is 20. The highest BCUT2D eigenvalue weighted by molar-refractivity contribution is 8.14. The van der Waals surface area contributed by atoms with Gasteiger partial charge in [-0.05, 0) is 0 Å². The molecule has 436 valence electrons. The van der Waals surface area contributed by atoms with Crippen molar-refractivity contribution in [1.29, 1.82) is 0 Å². The molecule has 0 atom stereocenters. The van der Waals surface area contributed by atoms with Crippen LogP contribution in [0.15, 0.2) is 425 Å². The lowest BCUT2D eigenvalue weighted by Crippen LogP contribution is -3.15. The predicted octanol–water partition coefficient (Wildman–Crippen LogP) is 8.86. The molecule has 14 aromatic rings. The molecule has 0 fully saturated rings. The van der Waals surface area contributed by atoms with Crippen molar-refractivity contribution in [2.75, 3.05) is 0 Å². The van der Waals surface area contributed by atoms with E-state index in [1.807, 2.05) is 0 Å². The molecule has 0 spiro atoms. The van der Waals surface area contributed by atoms with E-state index >= 15 is 0 Å². The molecule has 0 unspecified atom stereocenters. The zero-order valence-corrected chi connectivity index (χ0v) is 58.4. The van der Waals surface area contributed by atoms with Crippen LogP contribution in [0.4, 0.5) is 0 Å². The maximum Gasteiger partial charge on any atom is 0.121 e. The standard InChI is InChI=1S/C84H72Si7/c1-15-43-71(44-16-1)85(72-45-17-2-18-46-72)87(75-51-23-5-24-52-75,76-53-25-6-26-54-76)89(79-59-31-9-32-60-79,80-61-33-10-34-62-80)91(83-67-39-13-40-68-83,84-69-41-14-42-70-84)90(81-63-35-11-36-64-81,82-65-37-12-38-66-82)88(77-55-27-7-28-56-77,78-57-29-8-30-58-78)86(73-47-19-3-20-48-73)74-49-21-4-22-50-74/h1-70,85-86H. The molecular weight excluding hydrogens is 1210 g/mol. The zero-order valence-electron chi connectivity index (χ0n) is 51.1. The van der Waals surface area contributed by atoms with Crippen LogP contribution in [0.2, 0.25) is 0 Å². The summed E-state index contributed by atoms with van der Waals surface area (Å²) < 4.78 is 0. The molecule has 0 saturated heterocycles. The highest BCUT2D eigenvalue weighted by Crippen LogP contribution is 2.42. The van der Waals surface area contributed by atoms with Crippen LogP contribution in [0.25, 0.3) is 0 Å². The first-order chi connectivity index (χ1) is 45.2. The van der Waals surface area contributed by atoms with E-state index in [1.165, 1.54) is 72.6 Å². The lowest BCUT2D eigenvalue weighted by Gasteiger charge is -2.70. The van der Waals surface area contributed by atoms with Gasteiger partial charge in [-0.3, -0.25) is 0 Å². The van der Waals surface area contributed by atoms with E-state index in [0.717, 1.165) is 0 Å². The Bertz CT molecular complexity index is 4000. The van der Waals surface area contributed by atoms with Gasteiger partial charge in [-0.25, -0.2) is 0 Å². The van der Waals surface area contributed by atoms with Crippen LogP contribution in [0.5, 0.6) is 0 Å². The first-order valence-electron chi connectivity index (χ1n) is 32.0. The average Bonchev–Trinajstić information content (AvgIpc) is 0.630. The van der Waals surface area contributed by atoms with Gasteiger partial charge in [-0.15, -0.1) is 0 Å². The zero-order chi connectivity index (χ0) is 61.2. The van der Waals surface area contributed by atoms with Crippen LogP contribution >= 0.6 is 0 Å². The van der Waals surface area contributed by atoms with Gasteiger partial charge in [-0.2, -0.15) is 0 Å². The predicted molar refractivity (Wildman–Crippen MR) is 408 cm³/mol. The Hall–Kier alpha value is -9.40. The van der Waals surface area contributed by atoms with E-state index in [9.17, 15) is 0 Å². The summed E-state index contributed by atoms with van der Waals surface area (Å²) in [6.45, 7) is 0. The van der Waals surface area contributed by atoms with E-state index in [2.05, 4.69) is 425 Å². The first-order valence-corrected chi connectivity index (χ1v) is 51.9. The molecule has 0 aliphatic heterocycles. The van der Waals surface area contributed by atoms with Crippen LogP contribution in [0.3, 0.4) is 0 Å². The van der Waals surface area contributed by atoms with Crippen LogP contribution in [0.1, 0.15) is 0 Å². The van der Waals surface area contributed by atoms with E-state index in [-0.39, 0.29) is 0 Å². The third-order valence-corrected chi connectivity index (χ3v) is 127. The van der Waals surface area contributed by atoms with E-state index in [1.54, 1.807) is 0 Å². The third-order valence-electron chi connectivity index (χ3n) is 19.9. The molecule has 0 heterocycles. The second-order valence-electron chi connectivity index (χ2n) is 24.0. The second-order valence-corrected chi connectivity index (χ2v) is 76.8. The Morgan fingerprint density at radius 3 is 0.396 bits per heavy atom. The van der Waals surface area contributed by atoms with Gasteiger partial charge >= 0.3 is 0 Å². The molecule has 0 aromatic heterocycles. The fourth-order valence-electron chi connectivity index (χ4n) is 17.2. The average molecular weight is 1280 g/mol. The van der Waals surface area contributed by atoms with Crippen molar-refractivity contribution in [3.8, 4) is 0 Å². The van der Waals surface area contributed by atoms with Crippen molar-refractivity contribution in [2.45, 2.75) is 0 Å². The first kappa shape index (κ1) is 59.2. The third kappa shape index (κ3) is 9.70. The van der Waals surface area contributed by atoms with Crippen molar-refractivity contribution in [1.82, 2.24) is 0 Å². The van der Waals surface area contributed by atoms with Gasteiger partial charge in [0.2, 0.25) is 0 Å². The number of hydrogen-bond acceptors (Lipinski definition) is 0. The van der Waals surface area contributed by atoms with Gasteiger partial charge in [-0.1, -0.05) is 497 Å². The molecule has 0 N–H and O–H groups in total. The highest BCUT2D eigenvalue weighted by Gasteiger charge is 2.84. The molecule has 0 bridgehead atoms. The normalized spacial score (nSPS) is 12.2. The number of hydrogen-bond donors (Lipinski definition) is 0. The Balaban J connectivity index is 1.45. The van der Waals surface area contributed by atoms with E-state index < -0.39 is 52.2 Å². The van der Waals surface area contributed by atoms with Gasteiger partial charge in [0.1, 0.15) is 52.2 Å². The lowest BCUT2D eigenvalue weighted by atomic mass is 10.4. The highest BCUT2D eigenvalue weighted by atomic mass is 30.1. The summed E-state index contributed by atoms with van der Waals surface area (Å²) in [5.74, 6) is 0. The van der Waals surface area contributed by atoms with Crippen LogP contribution < -0.4 is 72.6 Å². The van der Waals surface area contributed by atoms with Gasteiger partial charge in [0.05, 0.1) is 0 Å².